The predicted molar refractivity (Wildman–Crippen MR) is 94.0 cm³/mol. The summed E-state index contributed by atoms with van der Waals surface area (Å²) in [5.74, 6) is -0.164. The molecule has 3 atom stereocenters. The van der Waals surface area contributed by atoms with Gasteiger partial charge in [0.2, 0.25) is 0 Å². The molecule has 2 aromatic rings. The number of aryl methyl sites for hydroxylation is 1. The number of β-amino-alcohol motifs (C(OH)–C–C–N with tert-alkyl or cyclic N) is 1. The number of aromatic nitrogens is 2. The fourth-order valence-corrected chi connectivity index (χ4v) is 3.96. The highest BCUT2D eigenvalue weighted by Gasteiger charge is 2.53. The third kappa shape index (κ3) is 2.93. The zero-order valence-electron chi connectivity index (χ0n) is 14.5. The number of aliphatic hydroxyl groups excluding tert-OH is 1. The van der Waals surface area contributed by atoms with E-state index in [9.17, 15) is 14.7 Å². The number of nitrogens with one attached hydrogen (secondary N) is 1. The van der Waals surface area contributed by atoms with Gasteiger partial charge in [-0.05, 0) is 25.0 Å². The molecule has 2 N–H and O–H groups in total. The molecule has 7 nitrogen and oxygen atoms in total. The molecule has 26 heavy (non-hydrogen) atoms. The number of H-pyrrole nitrogens is 1. The monoisotopic (exact) mass is 355 g/mol. The molecule has 1 spiro atoms. The van der Waals surface area contributed by atoms with Crippen molar-refractivity contribution in [2.24, 2.45) is 0 Å². The van der Waals surface area contributed by atoms with Crippen molar-refractivity contribution in [1.29, 1.82) is 0 Å². The van der Waals surface area contributed by atoms with Gasteiger partial charge in [0.1, 0.15) is 17.4 Å². The second kappa shape index (κ2) is 6.34. The van der Waals surface area contributed by atoms with E-state index in [4.69, 9.17) is 4.74 Å². The van der Waals surface area contributed by atoms with Gasteiger partial charge in [-0.15, -0.1) is 0 Å². The van der Waals surface area contributed by atoms with Crippen molar-refractivity contribution in [3.8, 4) is 0 Å². The molecule has 0 aliphatic carbocycles. The lowest BCUT2D eigenvalue weighted by Crippen LogP contribution is -2.41. The van der Waals surface area contributed by atoms with Crippen molar-refractivity contribution in [3.63, 3.8) is 0 Å². The van der Waals surface area contributed by atoms with Gasteiger partial charge < -0.3 is 19.7 Å². The van der Waals surface area contributed by atoms with Gasteiger partial charge >= 0.3 is 5.69 Å². The Morgan fingerprint density at radius 1 is 1.38 bits per heavy atom. The number of ether oxygens (including phenoxy) is 1. The second-order valence-electron chi connectivity index (χ2n) is 7.14. The molecule has 1 amide bonds. The molecule has 136 valence electrons. The van der Waals surface area contributed by atoms with Gasteiger partial charge in [0.25, 0.3) is 5.91 Å². The Morgan fingerprint density at radius 3 is 2.88 bits per heavy atom. The number of hydrogen-bond donors (Lipinski definition) is 2. The van der Waals surface area contributed by atoms with Gasteiger partial charge in [0.05, 0.1) is 13.2 Å². The molecule has 2 fully saturated rings. The fraction of sp³-hybridized carbons (Fsp3) is 0.421. The quantitative estimate of drug-likeness (QED) is 0.832. The Hall–Kier alpha value is -2.51. The summed E-state index contributed by atoms with van der Waals surface area (Å²) < 4.78 is 6.01. The molecule has 2 aliphatic heterocycles. The van der Waals surface area contributed by atoms with E-state index in [-0.39, 0.29) is 24.1 Å². The van der Waals surface area contributed by atoms with Crippen molar-refractivity contribution in [2.45, 2.75) is 31.0 Å². The van der Waals surface area contributed by atoms with Crippen molar-refractivity contribution in [1.82, 2.24) is 14.9 Å². The van der Waals surface area contributed by atoms with E-state index in [1.54, 1.807) is 13.0 Å². The summed E-state index contributed by atoms with van der Waals surface area (Å²) in [5.41, 5.74) is 0.529. The largest absolute Gasteiger partial charge is 0.388 e. The second-order valence-corrected chi connectivity index (χ2v) is 7.14. The van der Waals surface area contributed by atoms with Crippen molar-refractivity contribution < 1.29 is 14.6 Å². The van der Waals surface area contributed by atoms with Crippen molar-refractivity contribution in [3.05, 3.63) is 63.8 Å². The van der Waals surface area contributed by atoms with E-state index >= 15 is 0 Å². The highest BCUT2D eigenvalue weighted by Crippen LogP contribution is 2.42. The molecule has 4 rings (SSSR count). The first-order valence-electron chi connectivity index (χ1n) is 8.71. The number of hydrogen-bond acceptors (Lipinski definition) is 5. The number of carbonyl (C=O) groups excluding carboxylic acids is 1. The highest BCUT2D eigenvalue weighted by molar-refractivity contribution is 5.92. The fourth-order valence-electron chi connectivity index (χ4n) is 3.96. The summed E-state index contributed by atoms with van der Waals surface area (Å²) in [7, 11) is 0. The lowest BCUT2D eigenvalue weighted by atomic mass is 9.87. The van der Waals surface area contributed by atoms with Crippen LogP contribution in [0.15, 0.2) is 41.2 Å². The SMILES string of the molecule is Cc1cc(C(=O)N2C[C@@H](O)[C@@]3(C[C@@H](c4ccccc4)CO3)C2)nc(=O)[nH]1. The standard InChI is InChI=1S/C19H21N3O4/c1-12-7-15(21-18(25)20-12)17(24)22-9-16(23)19(11-22)8-14(10-26-19)13-5-3-2-4-6-13/h2-7,14,16,23H,8-11H2,1H3,(H,20,21,25)/t14-,16-,19-/m1/s1. The van der Waals surface area contributed by atoms with Crippen LogP contribution in [-0.2, 0) is 4.74 Å². The molecule has 1 aromatic carbocycles. The van der Waals surface area contributed by atoms with Crippen LogP contribution in [0.1, 0.15) is 34.1 Å². The van der Waals surface area contributed by atoms with Crippen LogP contribution >= 0.6 is 0 Å². The smallest absolute Gasteiger partial charge is 0.345 e. The van der Waals surface area contributed by atoms with Gasteiger partial charge in [0, 0.05) is 18.2 Å². The summed E-state index contributed by atoms with van der Waals surface area (Å²) in [6, 6.07) is 11.6. The maximum Gasteiger partial charge on any atom is 0.345 e. The number of carbonyl (C=O) groups is 1. The lowest BCUT2D eigenvalue weighted by Gasteiger charge is -2.25. The van der Waals surface area contributed by atoms with Crippen LogP contribution in [0.2, 0.25) is 0 Å². The van der Waals surface area contributed by atoms with E-state index in [1.165, 1.54) is 10.5 Å². The number of nitrogens with zero attached hydrogens (tertiary/aromatic N) is 2. The summed E-state index contributed by atoms with van der Waals surface area (Å²) in [5, 5.41) is 10.6. The van der Waals surface area contributed by atoms with Crippen LogP contribution in [-0.4, -0.2) is 57.3 Å². The number of rotatable bonds is 2. The molecule has 2 saturated heterocycles. The van der Waals surface area contributed by atoms with E-state index in [1.807, 2.05) is 18.2 Å². The van der Waals surface area contributed by atoms with Gasteiger partial charge in [-0.25, -0.2) is 4.79 Å². The van der Waals surface area contributed by atoms with E-state index in [2.05, 4.69) is 22.1 Å². The lowest BCUT2D eigenvalue weighted by molar-refractivity contribution is -0.0591. The highest BCUT2D eigenvalue weighted by atomic mass is 16.5. The molecule has 2 aliphatic rings. The van der Waals surface area contributed by atoms with Crippen LogP contribution in [0.5, 0.6) is 0 Å². The molecule has 1 aromatic heterocycles. The normalized spacial score (nSPS) is 28.0. The Bertz CT molecular complexity index is 882. The van der Waals surface area contributed by atoms with Gasteiger partial charge in [-0.2, -0.15) is 4.98 Å². The molecule has 0 bridgehead atoms. The van der Waals surface area contributed by atoms with Crippen LogP contribution in [0, 0.1) is 6.92 Å². The molecule has 0 radical (unpaired) electrons. The van der Waals surface area contributed by atoms with Crippen molar-refractivity contribution >= 4 is 5.91 Å². The molecular weight excluding hydrogens is 334 g/mol. The van der Waals surface area contributed by atoms with Crippen LogP contribution in [0.25, 0.3) is 0 Å². The van der Waals surface area contributed by atoms with Gasteiger partial charge in [-0.1, -0.05) is 30.3 Å². The van der Waals surface area contributed by atoms with Crippen LogP contribution in [0.3, 0.4) is 0 Å². The average molecular weight is 355 g/mol. The first kappa shape index (κ1) is 16.9. The number of amides is 1. The molecule has 0 saturated carbocycles. The first-order chi connectivity index (χ1) is 12.5. The summed E-state index contributed by atoms with van der Waals surface area (Å²) in [6.45, 7) is 2.69. The molecular formula is C19H21N3O4. The van der Waals surface area contributed by atoms with E-state index in [0.29, 0.717) is 25.3 Å². The Morgan fingerprint density at radius 2 is 2.15 bits per heavy atom. The van der Waals surface area contributed by atoms with Crippen LogP contribution in [0.4, 0.5) is 0 Å². The van der Waals surface area contributed by atoms with Crippen molar-refractivity contribution in [2.75, 3.05) is 19.7 Å². The maximum atomic E-state index is 12.7. The third-order valence-corrected chi connectivity index (χ3v) is 5.28. The van der Waals surface area contributed by atoms with E-state index < -0.39 is 17.4 Å². The number of likely N-dealkylation sites (tertiary alicyclic amines) is 1. The topological polar surface area (TPSA) is 95.5 Å². The predicted octanol–water partition coefficient (Wildman–Crippen LogP) is 0.838. The molecule has 3 heterocycles. The minimum absolute atomic E-state index is 0.0908. The summed E-state index contributed by atoms with van der Waals surface area (Å²) in [4.78, 5) is 32.1. The third-order valence-electron chi connectivity index (χ3n) is 5.28. The number of aliphatic hydroxyl groups is 1. The molecule has 7 heteroatoms. The number of aromatic amines is 1. The minimum atomic E-state index is -0.761. The zero-order chi connectivity index (χ0) is 18.3. The summed E-state index contributed by atoms with van der Waals surface area (Å²) >= 11 is 0. The van der Waals surface area contributed by atoms with E-state index in [0.717, 1.165) is 0 Å². The average Bonchev–Trinajstić information content (AvgIpc) is 3.19. The first-order valence-corrected chi connectivity index (χ1v) is 8.71. The minimum Gasteiger partial charge on any atom is -0.388 e. The zero-order valence-corrected chi connectivity index (χ0v) is 14.5. The van der Waals surface area contributed by atoms with Gasteiger partial charge in [-0.3, -0.25) is 4.79 Å². The Kier molecular flexibility index (Phi) is 4.13. The van der Waals surface area contributed by atoms with Gasteiger partial charge in [0.15, 0.2) is 0 Å². The molecule has 0 unspecified atom stereocenters. The maximum absolute atomic E-state index is 12.7. The number of benzene rings is 1. The van der Waals surface area contributed by atoms with Crippen LogP contribution < -0.4 is 5.69 Å². The Labute approximate surface area is 150 Å². The summed E-state index contributed by atoms with van der Waals surface area (Å²) in [6.07, 6.45) is -0.104. The Balaban J connectivity index is 1.53.